The van der Waals surface area contributed by atoms with Crippen LogP contribution in [0.2, 0.25) is 0 Å². The van der Waals surface area contributed by atoms with Crippen molar-refractivity contribution in [2.75, 3.05) is 26.9 Å². The second kappa shape index (κ2) is 6.00. The number of hydrazine groups is 1. The van der Waals surface area contributed by atoms with Crippen molar-refractivity contribution in [2.24, 2.45) is 5.84 Å². The van der Waals surface area contributed by atoms with Gasteiger partial charge in [0.05, 0.1) is 13.3 Å². The van der Waals surface area contributed by atoms with E-state index in [4.69, 9.17) is 10.6 Å². The van der Waals surface area contributed by atoms with E-state index in [1.165, 1.54) is 11.1 Å². The van der Waals surface area contributed by atoms with Crippen LogP contribution in [0.15, 0.2) is 18.2 Å². The number of ether oxygens (including phenoxy) is 1. The average Bonchev–Trinajstić information content (AvgIpc) is 2.36. The summed E-state index contributed by atoms with van der Waals surface area (Å²) in [6.07, 6.45) is 3.32. The summed E-state index contributed by atoms with van der Waals surface area (Å²) >= 11 is 0. The van der Waals surface area contributed by atoms with Gasteiger partial charge in [-0.2, -0.15) is 0 Å². The first-order valence-electron chi connectivity index (χ1n) is 6.16. The van der Waals surface area contributed by atoms with E-state index in [9.17, 15) is 0 Å². The molecule has 1 aliphatic rings. The van der Waals surface area contributed by atoms with Crippen molar-refractivity contribution in [2.45, 2.75) is 19.3 Å². The van der Waals surface area contributed by atoms with E-state index in [2.05, 4.69) is 35.6 Å². The van der Waals surface area contributed by atoms with E-state index in [0.29, 0.717) is 6.67 Å². The Bertz CT molecular complexity index is 368. The summed E-state index contributed by atoms with van der Waals surface area (Å²) in [6, 6.07) is 6.54. The lowest BCUT2D eigenvalue weighted by molar-refractivity contribution is 0.288. The first kappa shape index (κ1) is 12.4. The lowest BCUT2D eigenvalue weighted by Gasteiger charge is -2.19. The highest BCUT2D eigenvalue weighted by Gasteiger charge is 2.10. The summed E-state index contributed by atoms with van der Waals surface area (Å²) in [7, 11) is 2.06. The highest BCUT2D eigenvalue weighted by atomic mass is 16.5. The molecule has 94 valence electrons. The number of nitrogens with one attached hydrogen (secondary N) is 1. The van der Waals surface area contributed by atoms with Gasteiger partial charge in [0.2, 0.25) is 0 Å². The molecular formula is C13H21N3O. The van der Waals surface area contributed by atoms with Crippen molar-refractivity contribution >= 4 is 0 Å². The Balaban J connectivity index is 1.93. The van der Waals surface area contributed by atoms with E-state index in [-0.39, 0.29) is 0 Å². The zero-order valence-electron chi connectivity index (χ0n) is 10.4. The van der Waals surface area contributed by atoms with Gasteiger partial charge in [0.25, 0.3) is 0 Å². The van der Waals surface area contributed by atoms with E-state index >= 15 is 0 Å². The molecular weight excluding hydrogens is 214 g/mol. The second-order valence-electron chi connectivity index (χ2n) is 4.59. The van der Waals surface area contributed by atoms with Crippen molar-refractivity contribution in [1.82, 2.24) is 10.3 Å². The Hall–Kier alpha value is -1.10. The van der Waals surface area contributed by atoms with Crippen LogP contribution in [-0.4, -0.2) is 31.8 Å². The predicted molar refractivity (Wildman–Crippen MR) is 68.8 cm³/mol. The van der Waals surface area contributed by atoms with Gasteiger partial charge < -0.3 is 4.74 Å². The lowest BCUT2D eigenvalue weighted by atomic mass is 10.0. The molecule has 4 nitrogen and oxygen atoms in total. The van der Waals surface area contributed by atoms with Gasteiger partial charge in [-0.3, -0.25) is 10.7 Å². The number of hydrogen-bond donors (Lipinski definition) is 2. The number of fused-ring (bicyclic) bond motifs is 1. The third kappa shape index (κ3) is 3.43. The lowest BCUT2D eigenvalue weighted by Crippen LogP contribution is -2.36. The van der Waals surface area contributed by atoms with Crippen molar-refractivity contribution in [3.63, 3.8) is 0 Å². The predicted octanol–water partition coefficient (Wildman–Crippen LogP) is 0.907. The zero-order chi connectivity index (χ0) is 12.1. The van der Waals surface area contributed by atoms with Crippen molar-refractivity contribution in [3.05, 3.63) is 29.3 Å². The van der Waals surface area contributed by atoms with Gasteiger partial charge in [-0.15, -0.1) is 0 Å². The normalized spacial score (nSPS) is 14.5. The summed E-state index contributed by atoms with van der Waals surface area (Å²) < 4.78 is 5.61. The summed E-state index contributed by atoms with van der Waals surface area (Å²) in [5.41, 5.74) is 5.39. The number of hydrogen-bond acceptors (Lipinski definition) is 4. The van der Waals surface area contributed by atoms with Gasteiger partial charge >= 0.3 is 0 Å². The smallest absolute Gasteiger partial charge is 0.122 e. The fraction of sp³-hybridized carbons (Fsp3) is 0.538. The molecule has 0 unspecified atom stereocenters. The molecule has 4 heteroatoms. The monoisotopic (exact) mass is 235 g/mol. The molecule has 0 spiro atoms. The minimum Gasteiger partial charge on any atom is -0.493 e. The largest absolute Gasteiger partial charge is 0.493 e. The van der Waals surface area contributed by atoms with Crippen LogP contribution < -0.4 is 16.0 Å². The highest BCUT2D eigenvalue weighted by Crippen LogP contribution is 2.25. The Kier molecular flexibility index (Phi) is 4.36. The van der Waals surface area contributed by atoms with Crippen LogP contribution >= 0.6 is 0 Å². The number of nitrogens with two attached hydrogens (primary N) is 1. The van der Waals surface area contributed by atoms with Crippen LogP contribution in [-0.2, 0) is 12.8 Å². The van der Waals surface area contributed by atoms with E-state index in [1.807, 2.05) is 0 Å². The van der Waals surface area contributed by atoms with Gasteiger partial charge in [0.15, 0.2) is 0 Å². The fourth-order valence-corrected chi connectivity index (χ4v) is 2.12. The summed E-state index contributed by atoms with van der Waals surface area (Å²) in [5.74, 6) is 6.35. The maximum atomic E-state index is 5.61. The molecule has 1 heterocycles. The van der Waals surface area contributed by atoms with Crippen LogP contribution in [0.25, 0.3) is 0 Å². The van der Waals surface area contributed by atoms with Crippen molar-refractivity contribution < 1.29 is 4.74 Å². The van der Waals surface area contributed by atoms with Crippen LogP contribution in [0.1, 0.15) is 17.5 Å². The molecule has 0 amide bonds. The quantitative estimate of drug-likeness (QED) is 0.452. The van der Waals surface area contributed by atoms with Gasteiger partial charge in [-0.05, 0) is 43.5 Å². The standard InChI is InChI=1S/C13H21N3O/c1-16(10-15-14)7-6-11-4-5-13-12(9-11)3-2-8-17-13/h4-5,9,15H,2-3,6-8,10,14H2,1H3. The Morgan fingerprint density at radius 2 is 2.35 bits per heavy atom. The number of nitrogens with zero attached hydrogens (tertiary/aromatic N) is 1. The molecule has 0 saturated carbocycles. The third-order valence-corrected chi connectivity index (χ3v) is 3.12. The van der Waals surface area contributed by atoms with E-state index < -0.39 is 0 Å². The molecule has 0 bridgehead atoms. The van der Waals surface area contributed by atoms with Gasteiger partial charge in [-0.25, -0.2) is 5.43 Å². The van der Waals surface area contributed by atoms with Gasteiger partial charge in [0, 0.05) is 6.54 Å². The fourth-order valence-electron chi connectivity index (χ4n) is 2.12. The minimum atomic E-state index is 0.716. The van der Waals surface area contributed by atoms with Gasteiger partial charge in [0.1, 0.15) is 5.75 Å². The molecule has 2 rings (SSSR count). The number of likely N-dealkylation sites (N-methyl/N-ethyl adjacent to an activating group) is 1. The molecule has 0 fully saturated rings. The number of aryl methyl sites for hydroxylation is 1. The van der Waals surface area contributed by atoms with Crippen LogP contribution in [0.4, 0.5) is 0 Å². The molecule has 17 heavy (non-hydrogen) atoms. The SMILES string of the molecule is CN(CCc1ccc2c(c1)CCCO2)CNN. The molecule has 1 aromatic rings. The number of benzene rings is 1. The maximum Gasteiger partial charge on any atom is 0.122 e. The van der Waals surface area contributed by atoms with Crippen LogP contribution in [0, 0.1) is 0 Å². The van der Waals surface area contributed by atoms with Crippen molar-refractivity contribution in [3.8, 4) is 5.75 Å². The van der Waals surface area contributed by atoms with Crippen molar-refractivity contribution in [1.29, 1.82) is 0 Å². The average molecular weight is 235 g/mol. The molecule has 0 atom stereocenters. The maximum absolute atomic E-state index is 5.61. The molecule has 0 aromatic heterocycles. The van der Waals surface area contributed by atoms with Crippen LogP contribution in [0.5, 0.6) is 5.75 Å². The van der Waals surface area contributed by atoms with E-state index in [1.54, 1.807) is 0 Å². The molecule has 0 saturated heterocycles. The Morgan fingerprint density at radius 3 is 3.18 bits per heavy atom. The first-order valence-corrected chi connectivity index (χ1v) is 6.16. The first-order chi connectivity index (χ1) is 8.29. The highest BCUT2D eigenvalue weighted by molar-refractivity contribution is 5.38. The second-order valence-corrected chi connectivity index (χ2v) is 4.59. The summed E-state index contributed by atoms with van der Waals surface area (Å²) in [4.78, 5) is 2.16. The number of rotatable bonds is 5. The molecule has 1 aliphatic heterocycles. The molecule has 3 N–H and O–H groups in total. The molecule has 1 aromatic carbocycles. The molecule has 0 radical (unpaired) electrons. The van der Waals surface area contributed by atoms with E-state index in [0.717, 1.165) is 38.2 Å². The van der Waals surface area contributed by atoms with Crippen LogP contribution in [0.3, 0.4) is 0 Å². The Labute approximate surface area is 103 Å². The third-order valence-electron chi connectivity index (χ3n) is 3.12. The topological polar surface area (TPSA) is 50.5 Å². The summed E-state index contributed by atoms with van der Waals surface area (Å²) in [6.45, 7) is 2.58. The van der Waals surface area contributed by atoms with Gasteiger partial charge in [-0.1, -0.05) is 12.1 Å². The summed E-state index contributed by atoms with van der Waals surface area (Å²) in [5, 5.41) is 0. The minimum absolute atomic E-state index is 0.716. The Morgan fingerprint density at radius 1 is 1.47 bits per heavy atom. The molecule has 0 aliphatic carbocycles. The zero-order valence-corrected chi connectivity index (χ0v) is 10.4.